The van der Waals surface area contributed by atoms with Gasteiger partial charge in [0.05, 0.1) is 12.2 Å². The van der Waals surface area contributed by atoms with E-state index in [0.717, 1.165) is 25.9 Å². The predicted octanol–water partition coefficient (Wildman–Crippen LogP) is 1.31. The van der Waals surface area contributed by atoms with Crippen LogP contribution in [0.1, 0.15) is 46.2 Å². The zero-order valence-electron chi connectivity index (χ0n) is 15.4. The molecule has 1 aromatic carbocycles. The minimum Gasteiger partial charge on any atom is -0.352 e. The number of nitrogens with one attached hydrogen (secondary N) is 3. The third-order valence-corrected chi connectivity index (χ3v) is 4.44. The Balaban J connectivity index is 0.00000280. The van der Waals surface area contributed by atoms with Gasteiger partial charge in [-0.05, 0) is 50.6 Å². The second-order valence-electron chi connectivity index (χ2n) is 6.44. The molecule has 3 rings (SSSR count). The molecule has 8 nitrogen and oxygen atoms in total. The zero-order valence-corrected chi connectivity index (χ0v) is 16.2. The Kier molecular flexibility index (Phi) is 8.34. The summed E-state index contributed by atoms with van der Waals surface area (Å²) < 4.78 is 14.9. The van der Waals surface area contributed by atoms with Gasteiger partial charge in [-0.25, -0.2) is 9.07 Å². The van der Waals surface area contributed by atoms with E-state index in [0.29, 0.717) is 19.5 Å². The molecular formula is C18H24ClFN6O2. The topological polar surface area (TPSA) is 101 Å². The molecule has 0 bridgehead atoms. The lowest BCUT2D eigenvalue weighted by atomic mass is 10.1. The number of benzene rings is 1. The Hall–Kier alpha value is -2.52. The van der Waals surface area contributed by atoms with E-state index < -0.39 is 5.82 Å². The summed E-state index contributed by atoms with van der Waals surface area (Å²) in [6.07, 6.45) is 4.16. The molecule has 1 aliphatic heterocycles. The standard InChI is InChI=1S/C18H23FN6O2.ClH/c19-14-4-1-3-13(11-14)17(26)21-7-2-8-22-18(27)16-12-25(24-23-16)15-5-9-20-10-6-15;/h1,3-4,11-12,15,20H,2,5-10H2,(H,21,26)(H,22,27);1H. The van der Waals surface area contributed by atoms with E-state index in [-0.39, 0.29) is 41.5 Å². The van der Waals surface area contributed by atoms with Crippen LogP contribution < -0.4 is 16.0 Å². The minimum absolute atomic E-state index is 0. The van der Waals surface area contributed by atoms with Crippen molar-refractivity contribution in [3.8, 4) is 0 Å². The maximum Gasteiger partial charge on any atom is 0.273 e. The highest BCUT2D eigenvalue weighted by Crippen LogP contribution is 2.16. The number of halogens is 2. The van der Waals surface area contributed by atoms with Crippen LogP contribution in [0.5, 0.6) is 0 Å². The van der Waals surface area contributed by atoms with Gasteiger partial charge in [0.15, 0.2) is 5.69 Å². The van der Waals surface area contributed by atoms with E-state index in [1.165, 1.54) is 18.2 Å². The first-order valence-electron chi connectivity index (χ1n) is 9.08. The van der Waals surface area contributed by atoms with E-state index in [1.54, 1.807) is 16.9 Å². The lowest BCUT2D eigenvalue weighted by molar-refractivity contribution is 0.0947. The fourth-order valence-electron chi connectivity index (χ4n) is 2.95. The molecule has 2 heterocycles. The van der Waals surface area contributed by atoms with Crippen molar-refractivity contribution >= 4 is 24.2 Å². The fraction of sp³-hybridized carbons (Fsp3) is 0.444. The molecule has 0 saturated carbocycles. The Labute approximate surface area is 168 Å². The first-order valence-corrected chi connectivity index (χ1v) is 9.08. The minimum atomic E-state index is -0.451. The third kappa shape index (κ3) is 6.00. The van der Waals surface area contributed by atoms with Gasteiger partial charge in [-0.2, -0.15) is 0 Å². The number of aromatic nitrogens is 3. The first-order chi connectivity index (χ1) is 13.1. The van der Waals surface area contributed by atoms with Crippen LogP contribution in [0.15, 0.2) is 30.5 Å². The average molecular weight is 411 g/mol. The lowest BCUT2D eigenvalue weighted by Crippen LogP contribution is -2.30. The number of piperidine rings is 1. The van der Waals surface area contributed by atoms with Gasteiger partial charge in [0.2, 0.25) is 0 Å². The second-order valence-corrected chi connectivity index (χ2v) is 6.44. The van der Waals surface area contributed by atoms with Crippen LogP contribution in [0.25, 0.3) is 0 Å². The number of hydrogen-bond donors (Lipinski definition) is 3. The molecular weight excluding hydrogens is 387 g/mol. The quantitative estimate of drug-likeness (QED) is 0.597. The predicted molar refractivity (Wildman–Crippen MR) is 104 cm³/mol. The number of hydrogen-bond acceptors (Lipinski definition) is 5. The van der Waals surface area contributed by atoms with Crippen molar-refractivity contribution in [2.24, 2.45) is 0 Å². The summed E-state index contributed by atoms with van der Waals surface area (Å²) in [6.45, 7) is 2.64. The van der Waals surface area contributed by atoms with E-state index >= 15 is 0 Å². The van der Waals surface area contributed by atoms with Crippen molar-refractivity contribution in [1.29, 1.82) is 0 Å². The number of nitrogens with zero attached hydrogens (tertiary/aromatic N) is 3. The molecule has 2 aromatic rings. The summed E-state index contributed by atoms with van der Waals surface area (Å²) in [5.74, 6) is -1.08. The molecule has 1 aliphatic rings. The Morgan fingerprint density at radius 3 is 2.61 bits per heavy atom. The summed E-state index contributed by atoms with van der Waals surface area (Å²) in [4.78, 5) is 24.0. The lowest BCUT2D eigenvalue weighted by Gasteiger charge is -2.22. The molecule has 0 atom stereocenters. The molecule has 0 aliphatic carbocycles. The number of amides is 2. The molecule has 3 N–H and O–H groups in total. The fourth-order valence-corrected chi connectivity index (χ4v) is 2.95. The normalized spacial score (nSPS) is 14.2. The summed E-state index contributed by atoms with van der Waals surface area (Å²) in [5, 5.41) is 16.7. The van der Waals surface area contributed by atoms with Gasteiger partial charge in [-0.3, -0.25) is 9.59 Å². The van der Waals surface area contributed by atoms with Crippen molar-refractivity contribution in [3.63, 3.8) is 0 Å². The molecule has 1 saturated heterocycles. The van der Waals surface area contributed by atoms with Crippen LogP contribution >= 0.6 is 12.4 Å². The molecule has 28 heavy (non-hydrogen) atoms. The zero-order chi connectivity index (χ0) is 19.1. The number of rotatable bonds is 7. The first kappa shape index (κ1) is 21.8. The van der Waals surface area contributed by atoms with Crippen LogP contribution in [0, 0.1) is 5.82 Å². The van der Waals surface area contributed by atoms with Gasteiger partial charge < -0.3 is 16.0 Å². The van der Waals surface area contributed by atoms with Crippen molar-refractivity contribution in [3.05, 3.63) is 47.5 Å². The van der Waals surface area contributed by atoms with Gasteiger partial charge in [-0.15, -0.1) is 17.5 Å². The molecule has 2 amide bonds. The van der Waals surface area contributed by atoms with Gasteiger partial charge in [-0.1, -0.05) is 11.3 Å². The second kappa shape index (κ2) is 10.7. The van der Waals surface area contributed by atoms with Gasteiger partial charge in [0.25, 0.3) is 11.8 Å². The SMILES string of the molecule is Cl.O=C(NCCCNC(=O)c1cn(C2CCNCC2)nn1)c1cccc(F)c1. The van der Waals surface area contributed by atoms with Crippen LogP contribution in [0.4, 0.5) is 4.39 Å². The van der Waals surface area contributed by atoms with E-state index in [2.05, 4.69) is 26.3 Å². The maximum absolute atomic E-state index is 13.1. The molecule has 152 valence electrons. The monoisotopic (exact) mass is 410 g/mol. The molecule has 0 radical (unpaired) electrons. The van der Waals surface area contributed by atoms with E-state index in [4.69, 9.17) is 0 Å². The van der Waals surface area contributed by atoms with Crippen molar-refractivity contribution in [2.45, 2.75) is 25.3 Å². The molecule has 10 heteroatoms. The third-order valence-electron chi connectivity index (χ3n) is 4.44. The van der Waals surface area contributed by atoms with Gasteiger partial charge in [0, 0.05) is 18.7 Å². The smallest absolute Gasteiger partial charge is 0.273 e. The van der Waals surface area contributed by atoms with Crippen LogP contribution in [0.2, 0.25) is 0 Å². The van der Waals surface area contributed by atoms with E-state index in [9.17, 15) is 14.0 Å². The van der Waals surface area contributed by atoms with Gasteiger partial charge >= 0.3 is 0 Å². The molecule has 1 aromatic heterocycles. The maximum atomic E-state index is 13.1. The van der Waals surface area contributed by atoms with E-state index in [1.807, 2.05) is 0 Å². The Bertz CT molecular complexity index is 794. The highest BCUT2D eigenvalue weighted by Gasteiger charge is 2.18. The Morgan fingerprint density at radius 1 is 1.18 bits per heavy atom. The number of carbonyl (C=O) groups is 2. The van der Waals surface area contributed by atoms with Crippen LogP contribution in [0.3, 0.4) is 0 Å². The van der Waals surface area contributed by atoms with Gasteiger partial charge in [0.1, 0.15) is 5.82 Å². The molecule has 1 fully saturated rings. The average Bonchev–Trinajstić information content (AvgIpc) is 3.18. The summed E-state index contributed by atoms with van der Waals surface area (Å²) in [6, 6.07) is 5.78. The van der Waals surface area contributed by atoms with Crippen molar-refractivity contribution < 1.29 is 14.0 Å². The van der Waals surface area contributed by atoms with Crippen molar-refractivity contribution in [2.75, 3.05) is 26.2 Å². The van der Waals surface area contributed by atoms with Crippen molar-refractivity contribution in [1.82, 2.24) is 30.9 Å². The van der Waals surface area contributed by atoms with Crippen LogP contribution in [-0.4, -0.2) is 53.0 Å². The number of carbonyl (C=O) groups excluding carboxylic acids is 2. The summed E-state index contributed by atoms with van der Waals surface area (Å²) >= 11 is 0. The summed E-state index contributed by atoms with van der Waals surface area (Å²) in [7, 11) is 0. The molecule has 0 unspecified atom stereocenters. The Morgan fingerprint density at radius 2 is 1.89 bits per heavy atom. The largest absolute Gasteiger partial charge is 0.352 e. The molecule has 0 spiro atoms. The summed E-state index contributed by atoms with van der Waals surface area (Å²) in [5.41, 5.74) is 0.561. The highest BCUT2D eigenvalue weighted by atomic mass is 35.5. The van der Waals surface area contributed by atoms with Crippen LogP contribution in [-0.2, 0) is 0 Å². The highest BCUT2D eigenvalue weighted by molar-refractivity contribution is 5.94.